The number of hydrogen-bond donors (Lipinski definition) is 2. The Morgan fingerprint density at radius 1 is 1.29 bits per heavy atom. The molecule has 0 spiro atoms. The largest absolute Gasteiger partial charge is 0.495 e. The van der Waals surface area contributed by atoms with Gasteiger partial charge in [0, 0.05) is 17.8 Å². The molecule has 5 heteroatoms. The second-order valence-electron chi connectivity index (χ2n) is 4.75. The fourth-order valence-corrected chi connectivity index (χ4v) is 2.30. The third kappa shape index (κ3) is 3.86. The SMILES string of the molecule is CCCNCc1ccc(-c2ccc(OC)c(Cl)c2)[nH]c1=O. The van der Waals surface area contributed by atoms with E-state index in [-0.39, 0.29) is 5.56 Å². The lowest BCUT2D eigenvalue weighted by atomic mass is 10.1. The Kier molecular flexibility index (Phi) is 5.42. The molecule has 2 N–H and O–H groups in total. The van der Waals surface area contributed by atoms with Crippen molar-refractivity contribution in [1.82, 2.24) is 10.3 Å². The zero-order chi connectivity index (χ0) is 15.2. The average Bonchev–Trinajstić information content (AvgIpc) is 2.49. The standard InChI is InChI=1S/C16H19ClN2O2/c1-3-8-18-10-12-4-6-14(19-16(12)20)11-5-7-15(21-2)13(17)9-11/h4-7,9,18H,3,8,10H2,1-2H3,(H,19,20). The van der Waals surface area contributed by atoms with Crippen molar-refractivity contribution in [3.63, 3.8) is 0 Å². The van der Waals surface area contributed by atoms with Crippen LogP contribution in [0.5, 0.6) is 5.75 Å². The number of halogens is 1. The molecular formula is C16H19ClN2O2. The molecule has 0 bridgehead atoms. The van der Waals surface area contributed by atoms with Crippen LogP contribution in [0.4, 0.5) is 0 Å². The second kappa shape index (κ2) is 7.29. The molecule has 1 heterocycles. The molecule has 1 aromatic heterocycles. The molecule has 0 amide bonds. The monoisotopic (exact) mass is 306 g/mol. The van der Waals surface area contributed by atoms with Crippen LogP contribution in [0.2, 0.25) is 5.02 Å². The fraction of sp³-hybridized carbons (Fsp3) is 0.312. The van der Waals surface area contributed by atoms with Crippen LogP contribution in [0.25, 0.3) is 11.3 Å². The summed E-state index contributed by atoms with van der Waals surface area (Å²) in [6.07, 6.45) is 1.04. The molecule has 112 valence electrons. The first-order chi connectivity index (χ1) is 10.2. The maximum atomic E-state index is 12.1. The van der Waals surface area contributed by atoms with Gasteiger partial charge < -0.3 is 15.0 Å². The Labute approximate surface area is 129 Å². The van der Waals surface area contributed by atoms with Crippen molar-refractivity contribution in [2.45, 2.75) is 19.9 Å². The topological polar surface area (TPSA) is 54.1 Å². The highest BCUT2D eigenvalue weighted by molar-refractivity contribution is 6.32. The number of nitrogens with one attached hydrogen (secondary N) is 2. The van der Waals surface area contributed by atoms with E-state index in [4.69, 9.17) is 16.3 Å². The average molecular weight is 307 g/mol. The summed E-state index contributed by atoms with van der Waals surface area (Å²) in [5, 5.41) is 3.74. The Morgan fingerprint density at radius 3 is 2.71 bits per heavy atom. The number of methoxy groups -OCH3 is 1. The highest BCUT2D eigenvalue weighted by atomic mass is 35.5. The van der Waals surface area contributed by atoms with E-state index in [1.54, 1.807) is 19.2 Å². The van der Waals surface area contributed by atoms with E-state index in [1.165, 1.54) is 0 Å². The third-order valence-corrected chi connectivity index (χ3v) is 3.49. The summed E-state index contributed by atoms with van der Waals surface area (Å²) in [4.78, 5) is 15.0. The highest BCUT2D eigenvalue weighted by Crippen LogP contribution is 2.28. The van der Waals surface area contributed by atoms with Crippen molar-refractivity contribution in [3.8, 4) is 17.0 Å². The second-order valence-corrected chi connectivity index (χ2v) is 5.16. The molecule has 2 aromatic rings. The number of rotatable bonds is 6. The molecule has 0 aliphatic carbocycles. The van der Waals surface area contributed by atoms with Gasteiger partial charge in [-0.3, -0.25) is 4.79 Å². The van der Waals surface area contributed by atoms with Gasteiger partial charge in [-0.05, 0) is 42.8 Å². The molecule has 21 heavy (non-hydrogen) atoms. The van der Waals surface area contributed by atoms with E-state index >= 15 is 0 Å². The van der Waals surface area contributed by atoms with E-state index < -0.39 is 0 Å². The molecule has 0 saturated heterocycles. The number of pyridine rings is 1. The fourth-order valence-electron chi connectivity index (χ4n) is 2.05. The van der Waals surface area contributed by atoms with Crippen molar-refractivity contribution in [1.29, 1.82) is 0 Å². The van der Waals surface area contributed by atoms with E-state index in [0.29, 0.717) is 17.3 Å². The minimum atomic E-state index is -0.0805. The summed E-state index contributed by atoms with van der Waals surface area (Å²) in [5.41, 5.74) is 2.24. The van der Waals surface area contributed by atoms with Crippen LogP contribution in [0.1, 0.15) is 18.9 Å². The predicted octanol–water partition coefficient (Wildman–Crippen LogP) is 3.20. The van der Waals surface area contributed by atoms with Crippen LogP contribution >= 0.6 is 11.6 Å². The number of ether oxygens (including phenoxy) is 1. The Bertz CT molecular complexity index is 668. The molecule has 0 aliphatic rings. The Balaban J connectivity index is 2.23. The van der Waals surface area contributed by atoms with Gasteiger partial charge in [-0.2, -0.15) is 0 Å². The first kappa shape index (κ1) is 15.6. The molecule has 0 atom stereocenters. The molecule has 0 radical (unpaired) electrons. The van der Waals surface area contributed by atoms with Crippen LogP contribution in [-0.2, 0) is 6.54 Å². The first-order valence-corrected chi connectivity index (χ1v) is 7.30. The van der Waals surface area contributed by atoms with Crippen LogP contribution in [-0.4, -0.2) is 18.6 Å². The van der Waals surface area contributed by atoms with Crippen LogP contribution < -0.4 is 15.6 Å². The van der Waals surface area contributed by atoms with Crippen molar-refractivity contribution in [3.05, 3.63) is 51.3 Å². The first-order valence-electron chi connectivity index (χ1n) is 6.92. The molecule has 0 saturated carbocycles. The van der Waals surface area contributed by atoms with Gasteiger partial charge in [-0.1, -0.05) is 24.6 Å². The van der Waals surface area contributed by atoms with Gasteiger partial charge >= 0.3 is 0 Å². The quantitative estimate of drug-likeness (QED) is 0.806. The van der Waals surface area contributed by atoms with E-state index in [1.807, 2.05) is 18.2 Å². The zero-order valence-electron chi connectivity index (χ0n) is 12.2. The molecule has 4 nitrogen and oxygen atoms in total. The summed E-state index contributed by atoms with van der Waals surface area (Å²) in [6.45, 7) is 3.57. The summed E-state index contributed by atoms with van der Waals surface area (Å²) in [5.74, 6) is 0.614. The predicted molar refractivity (Wildman–Crippen MR) is 86.1 cm³/mol. The molecule has 2 rings (SSSR count). The van der Waals surface area contributed by atoms with Gasteiger partial charge in [-0.15, -0.1) is 0 Å². The lowest BCUT2D eigenvalue weighted by Gasteiger charge is -2.08. The molecule has 1 aromatic carbocycles. The van der Waals surface area contributed by atoms with Gasteiger partial charge in [0.2, 0.25) is 0 Å². The zero-order valence-corrected chi connectivity index (χ0v) is 13.0. The maximum Gasteiger partial charge on any atom is 0.252 e. The van der Waals surface area contributed by atoms with Crippen molar-refractivity contribution < 1.29 is 4.74 Å². The number of hydrogen-bond acceptors (Lipinski definition) is 3. The van der Waals surface area contributed by atoms with Gasteiger partial charge in [0.1, 0.15) is 5.75 Å². The van der Waals surface area contributed by atoms with E-state index in [9.17, 15) is 4.79 Å². The molecular weight excluding hydrogens is 288 g/mol. The minimum Gasteiger partial charge on any atom is -0.495 e. The molecule has 0 aliphatic heterocycles. The van der Waals surface area contributed by atoms with Gasteiger partial charge in [0.25, 0.3) is 5.56 Å². The van der Waals surface area contributed by atoms with Crippen LogP contribution in [0.3, 0.4) is 0 Å². The van der Waals surface area contributed by atoms with Crippen molar-refractivity contribution >= 4 is 11.6 Å². The number of benzene rings is 1. The number of aromatic amines is 1. The van der Waals surface area contributed by atoms with Crippen molar-refractivity contribution in [2.75, 3.05) is 13.7 Å². The summed E-state index contributed by atoms with van der Waals surface area (Å²) >= 11 is 6.11. The maximum absolute atomic E-state index is 12.1. The minimum absolute atomic E-state index is 0.0805. The highest BCUT2D eigenvalue weighted by Gasteiger charge is 2.06. The Morgan fingerprint density at radius 2 is 2.10 bits per heavy atom. The van der Waals surface area contributed by atoms with Gasteiger partial charge in [-0.25, -0.2) is 0 Å². The molecule has 0 fully saturated rings. The lowest BCUT2D eigenvalue weighted by Crippen LogP contribution is -2.21. The Hall–Kier alpha value is -1.78. The third-order valence-electron chi connectivity index (χ3n) is 3.20. The van der Waals surface area contributed by atoms with E-state index in [2.05, 4.69) is 17.2 Å². The van der Waals surface area contributed by atoms with Crippen LogP contribution in [0.15, 0.2) is 35.1 Å². The van der Waals surface area contributed by atoms with Crippen LogP contribution in [0, 0.1) is 0 Å². The summed E-state index contributed by atoms with van der Waals surface area (Å²) in [7, 11) is 1.57. The lowest BCUT2D eigenvalue weighted by molar-refractivity contribution is 0.415. The van der Waals surface area contributed by atoms with Crippen molar-refractivity contribution in [2.24, 2.45) is 0 Å². The number of aromatic nitrogens is 1. The van der Waals surface area contributed by atoms with Gasteiger partial charge in [0.05, 0.1) is 12.1 Å². The summed E-state index contributed by atoms with van der Waals surface area (Å²) < 4.78 is 5.12. The smallest absolute Gasteiger partial charge is 0.252 e. The van der Waals surface area contributed by atoms with Gasteiger partial charge in [0.15, 0.2) is 0 Å². The normalized spacial score (nSPS) is 10.6. The molecule has 0 unspecified atom stereocenters. The number of H-pyrrole nitrogens is 1. The summed E-state index contributed by atoms with van der Waals surface area (Å²) in [6, 6.07) is 9.16. The van der Waals surface area contributed by atoms with E-state index in [0.717, 1.165) is 29.8 Å².